The van der Waals surface area contributed by atoms with Gasteiger partial charge in [0.1, 0.15) is 28.7 Å². The molecule has 218 valence electrons. The molecule has 0 aliphatic carbocycles. The average Bonchev–Trinajstić information content (AvgIpc) is 3.37. The highest BCUT2D eigenvalue weighted by atomic mass is 19.4. The number of imidazole rings is 1. The van der Waals surface area contributed by atoms with Crippen molar-refractivity contribution >= 4 is 34.8 Å². The molecule has 1 aliphatic heterocycles. The molecular weight excluding hydrogens is 551 g/mol. The second-order valence-corrected chi connectivity index (χ2v) is 10.2. The van der Waals surface area contributed by atoms with Gasteiger partial charge in [-0.25, -0.2) is 15.0 Å². The third-order valence-corrected chi connectivity index (χ3v) is 7.43. The van der Waals surface area contributed by atoms with E-state index in [0.717, 1.165) is 24.8 Å². The number of hydrogen-bond acceptors (Lipinski definition) is 7. The van der Waals surface area contributed by atoms with Crippen LogP contribution in [0, 0.1) is 0 Å². The summed E-state index contributed by atoms with van der Waals surface area (Å²) in [5.41, 5.74) is 7.24. The Kier molecular flexibility index (Phi) is 7.67. The largest absolute Gasteiger partial charge is 0.416 e. The third-order valence-electron chi connectivity index (χ3n) is 7.43. The van der Waals surface area contributed by atoms with E-state index in [4.69, 9.17) is 10.7 Å². The number of piperidine rings is 1. The van der Waals surface area contributed by atoms with Gasteiger partial charge in [-0.05, 0) is 44.0 Å². The summed E-state index contributed by atoms with van der Waals surface area (Å²) in [6.45, 7) is 3.91. The van der Waals surface area contributed by atoms with Crippen molar-refractivity contribution < 1.29 is 27.6 Å². The van der Waals surface area contributed by atoms with Crippen molar-refractivity contribution in [3.8, 4) is 11.3 Å². The number of carbonyl (C=O) groups is 3. The number of pyridine rings is 1. The van der Waals surface area contributed by atoms with Gasteiger partial charge < -0.3 is 16.0 Å². The number of ketones is 1. The Labute approximate surface area is 238 Å². The SMILES string of the molecule is CCC(=O)C(=O)N1C[C@H](c2nc(-c3ccc(C(=O)Nc4cc(C(F)(F)F)ccn4)cc3)c3c(N)nccn23)CCC1C. The molecule has 0 spiro atoms. The maximum atomic E-state index is 13.0. The molecule has 2 amide bonds. The Hall–Kier alpha value is -4.81. The molecule has 5 rings (SSSR count). The number of nitrogens with two attached hydrogens (primary N) is 1. The summed E-state index contributed by atoms with van der Waals surface area (Å²) in [7, 11) is 0. The van der Waals surface area contributed by atoms with Gasteiger partial charge in [0.15, 0.2) is 0 Å². The highest BCUT2D eigenvalue weighted by Crippen LogP contribution is 2.35. The minimum atomic E-state index is -4.57. The van der Waals surface area contributed by atoms with Crippen molar-refractivity contribution in [1.29, 1.82) is 0 Å². The summed E-state index contributed by atoms with van der Waals surface area (Å²) in [6.07, 6.45) is 1.28. The number of halogens is 3. The zero-order valence-corrected chi connectivity index (χ0v) is 22.9. The molecule has 1 unspecified atom stereocenters. The number of benzene rings is 1. The minimum Gasteiger partial charge on any atom is -0.382 e. The van der Waals surface area contributed by atoms with E-state index in [0.29, 0.717) is 35.6 Å². The first-order valence-corrected chi connectivity index (χ1v) is 13.4. The number of hydrogen-bond donors (Lipinski definition) is 2. The van der Waals surface area contributed by atoms with Gasteiger partial charge in [-0.2, -0.15) is 13.2 Å². The molecule has 0 saturated carbocycles. The van der Waals surface area contributed by atoms with Gasteiger partial charge in [0.2, 0.25) is 5.78 Å². The van der Waals surface area contributed by atoms with E-state index in [1.54, 1.807) is 36.4 Å². The molecule has 4 heterocycles. The molecule has 3 aromatic heterocycles. The lowest BCUT2D eigenvalue weighted by atomic mass is 9.92. The quantitative estimate of drug-likeness (QED) is 0.316. The molecule has 2 atom stereocenters. The van der Waals surface area contributed by atoms with Gasteiger partial charge in [-0.1, -0.05) is 19.1 Å². The molecule has 0 bridgehead atoms. The van der Waals surface area contributed by atoms with Crippen LogP contribution >= 0.6 is 0 Å². The van der Waals surface area contributed by atoms with Gasteiger partial charge >= 0.3 is 6.18 Å². The number of anilines is 2. The first kappa shape index (κ1) is 28.7. The number of aromatic nitrogens is 4. The van der Waals surface area contributed by atoms with Crippen molar-refractivity contribution in [1.82, 2.24) is 24.3 Å². The Bertz CT molecular complexity index is 1670. The van der Waals surface area contributed by atoms with E-state index in [2.05, 4.69) is 15.3 Å². The number of amides is 2. The minimum absolute atomic E-state index is 0.0773. The average molecular weight is 580 g/mol. The zero-order valence-electron chi connectivity index (χ0n) is 22.9. The predicted octanol–water partition coefficient (Wildman–Crippen LogP) is 4.72. The number of rotatable bonds is 6. The van der Waals surface area contributed by atoms with Crippen molar-refractivity contribution in [2.75, 3.05) is 17.6 Å². The van der Waals surface area contributed by atoms with Crippen LogP contribution in [0.5, 0.6) is 0 Å². The second kappa shape index (κ2) is 11.2. The maximum absolute atomic E-state index is 13.0. The van der Waals surface area contributed by atoms with Gasteiger partial charge in [0.05, 0.1) is 5.56 Å². The van der Waals surface area contributed by atoms with Gasteiger partial charge in [-0.3, -0.25) is 18.8 Å². The van der Waals surface area contributed by atoms with E-state index in [1.807, 2.05) is 11.3 Å². The molecule has 10 nitrogen and oxygen atoms in total. The number of nitrogens with zero attached hydrogens (tertiary/aromatic N) is 5. The molecule has 0 radical (unpaired) electrons. The van der Waals surface area contributed by atoms with Crippen molar-refractivity contribution in [2.45, 2.75) is 51.2 Å². The molecular formula is C29H28F3N7O3. The van der Waals surface area contributed by atoms with Gasteiger partial charge in [0, 0.05) is 54.6 Å². The molecule has 13 heteroatoms. The fourth-order valence-corrected chi connectivity index (χ4v) is 5.13. The Morgan fingerprint density at radius 1 is 1.07 bits per heavy atom. The number of nitrogen functional groups attached to an aromatic ring is 1. The van der Waals surface area contributed by atoms with Crippen LogP contribution in [-0.2, 0) is 15.8 Å². The van der Waals surface area contributed by atoms with E-state index in [-0.39, 0.29) is 35.6 Å². The van der Waals surface area contributed by atoms with Crippen molar-refractivity contribution in [3.05, 3.63) is 71.9 Å². The number of Topliss-reactive ketones (excluding diaryl/α,β-unsaturated/α-hetero) is 1. The number of fused-ring (bicyclic) bond motifs is 1. The predicted molar refractivity (Wildman–Crippen MR) is 148 cm³/mol. The van der Waals surface area contributed by atoms with Crippen LogP contribution < -0.4 is 11.1 Å². The van der Waals surface area contributed by atoms with E-state index in [9.17, 15) is 27.6 Å². The summed E-state index contributed by atoms with van der Waals surface area (Å²) in [5.74, 6) is -1.04. The summed E-state index contributed by atoms with van der Waals surface area (Å²) < 4.78 is 40.9. The van der Waals surface area contributed by atoms with Crippen molar-refractivity contribution in [3.63, 3.8) is 0 Å². The van der Waals surface area contributed by atoms with Crippen LogP contribution in [0.4, 0.5) is 24.8 Å². The molecule has 1 saturated heterocycles. The lowest BCUT2D eigenvalue weighted by Gasteiger charge is -2.37. The van der Waals surface area contributed by atoms with Crippen LogP contribution in [0.2, 0.25) is 0 Å². The normalized spacial score (nSPS) is 17.3. The summed E-state index contributed by atoms with van der Waals surface area (Å²) in [4.78, 5) is 52.2. The standard InChI is InChI=1S/C29H28F3N7O3/c1-3-21(40)28(42)39-15-19(5-4-16(39)2)26-37-23(24-25(33)35-12-13-38(24)26)17-6-8-18(9-7-17)27(41)36-22-14-20(10-11-34-22)29(30,31)32/h6-14,16,19H,3-5,15H2,1-2H3,(H2,33,35)(H,34,36,41)/t16?,19-/m1/s1. The van der Waals surface area contributed by atoms with Gasteiger partial charge in [-0.15, -0.1) is 0 Å². The third kappa shape index (κ3) is 5.54. The first-order valence-electron chi connectivity index (χ1n) is 13.4. The maximum Gasteiger partial charge on any atom is 0.416 e. The molecule has 1 aromatic carbocycles. The number of nitrogens with one attached hydrogen (secondary N) is 1. The Morgan fingerprint density at radius 3 is 2.50 bits per heavy atom. The Balaban J connectivity index is 1.43. The van der Waals surface area contributed by atoms with Crippen LogP contribution in [0.15, 0.2) is 55.0 Å². The van der Waals surface area contributed by atoms with Crippen LogP contribution in [0.1, 0.15) is 60.8 Å². The number of alkyl halides is 3. The van der Waals surface area contributed by atoms with Crippen LogP contribution in [-0.4, -0.2) is 54.4 Å². The number of likely N-dealkylation sites (tertiary alicyclic amines) is 1. The fraction of sp³-hybridized carbons (Fsp3) is 0.310. The lowest BCUT2D eigenvalue weighted by molar-refractivity contribution is -0.147. The highest BCUT2D eigenvalue weighted by Gasteiger charge is 2.35. The second-order valence-electron chi connectivity index (χ2n) is 10.2. The fourth-order valence-electron chi connectivity index (χ4n) is 5.13. The highest BCUT2D eigenvalue weighted by molar-refractivity contribution is 6.36. The van der Waals surface area contributed by atoms with E-state index < -0.39 is 29.3 Å². The molecule has 42 heavy (non-hydrogen) atoms. The molecule has 4 aromatic rings. The summed E-state index contributed by atoms with van der Waals surface area (Å²) in [5, 5.41) is 2.39. The van der Waals surface area contributed by atoms with Gasteiger partial charge in [0.25, 0.3) is 11.8 Å². The van der Waals surface area contributed by atoms with Crippen LogP contribution in [0.3, 0.4) is 0 Å². The smallest absolute Gasteiger partial charge is 0.382 e. The van der Waals surface area contributed by atoms with Crippen LogP contribution in [0.25, 0.3) is 16.8 Å². The lowest BCUT2D eigenvalue weighted by Crippen LogP contribution is -2.47. The van der Waals surface area contributed by atoms with E-state index >= 15 is 0 Å². The summed E-state index contributed by atoms with van der Waals surface area (Å²) >= 11 is 0. The monoisotopic (exact) mass is 579 g/mol. The topological polar surface area (TPSA) is 136 Å². The first-order chi connectivity index (χ1) is 20.0. The van der Waals surface area contributed by atoms with Crippen molar-refractivity contribution in [2.24, 2.45) is 0 Å². The van der Waals surface area contributed by atoms with E-state index in [1.165, 1.54) is 12.1 Å². The zero-order chi connectivity index (χ0) is 30.2. The molecule has 1 aliphatic rings. The Morgan fingerprint density at radius 2 is 1.81 bits per heavy atom. The molecule has 1 fully saturated rings. The summed E-state index contributed by atoms with van der Waals surface area (Å²) in [6, 6.07) is 7.87. The molecule has 3 N–H and O–H groups in total. The number of carbonyl (C=O) groups excluding carboxylic acids is 3.